The molecule has 5 nitrogen and oxygen atoms in total. The minimum Gasteiger partial charge on any atom is -0.438 e. The fourth-order valence-electron chi connectivity index (χ4n) is 1.79. The van der Waals surface area contributed by atoms with E-state index >= 15 is 0 Å². The second kappa shape index (κ2) is 6.41. The van der Waals surface area contributed by atoms with Crippen molar-refractivity contribution < 1.29 is 9.66 Å². The maximum Gasteiger partial charge on any atom is 0.277 e. The Labute approximate surface area is 135 Å². The summed E-state index contributed by atoms with van der Waals surface area (Å²) in [6, 6.07) is 7.99. The van der Waals surface area contributed by atoms with Crippen LogP contribution in [0.15, 0.2) is 34.8 Å². The van der Waals surface area contributed by atoms with Gasteiger partial charge in [0.2, 0.25) is 5.88 Å². The zero-order valence-corrected chi connectivity index (χ0v) is 13.7. The molecule has 21 heavy (non-hydrogen) atoms. The molecule has 7 heteroatoms. The summed E-state index contributed by atoms with van der Waals surface area (Å²) in [7, 11) is 0. The highest BCUT2D eigenvalue weighted by atomic mass is 79.9. The Hall–Kier alpha value is -1.66. The number of hydrogen-bond acceptors (Lipinski definition) is 4. The Morgan fingerprint density at radius 2 is 2.05 bits per heavy atom. The number of hydrogen-bond donors (Lipinski definition) is 0. The Kier molecular flexibility index (Phi) is 4.80. The topological polar surface area (TPSA) is 65.3 Å². The molecule has 0 spiro atoms. The van der Waals surface area contributed by atoms with Crippen LogP contribution in [0.4, 0.5) is 5.69 Å². The Morgan fingerprint density at radius 1 is 1.33 bits per heavy atom. The maximum absolute atomic E-state index is 10.8. The molecule has 0 bridgehead atoms. The third kappa shape index (κ3) is 3.92. The molecule has 0 fully saturated rings. The van der Waals surface area contributed by atoms with E-state index in [2.05, 4.69) is 20.9 Å². The van der Waals surface area contributed by atoms with Crippen LogP contribution in [-0.2, 0) is 0 Å². The van der Waals surface area contributed by atoms with Crippen LogP contribution in [0.1, 0.15) is 25.3 Å². The second-order valence-electron chi connectivity index (χ2n) is 4.68. The molecule has 0 aliphatic heterocycles. The van der Waals surface area contributed by atoms with Crippen molar-refractivity contribution in [3.8, 4) is 11.6 Å². The van der Waals surface area contributed by atoms with Crippen LogP contribution in [0.2, 0.25) is 5.15 Å². The molecule has 1 heterocycles. The van der Waals surface area contributed by atoms with Crippen molar-refractivity contribution in [2.24, 2.45) is 0 Å². The highest BCUT2D eigenvalue weighted by molar-refractivity contribution is 9.10. The van der Waals surface area contributed by atoms with Crippen LogP contribution in [0.25, 0.3) is 0 Å². The van der Waals surface area contributed by atoms with Crippen LogP contribution < -0.4 is 4.74 Å². The minimum absolute atomic E-state index is 0.0161. The molecule has 1 aromatic carbocycles. The van der Waals surface area contributed by atoms with Crippen molar-refractivity contribution in [1.82, 2.24) is 4.98 Å². The monoisotopic (exact) mass is 370 g/mol. The van der Waals surface area contributed by atoms with Crippen molar-refractivity contribution in [1.29, 1.82) is 0 Å². The van der Waals surface area contributed by atoms with Gasteiger partial charge in [0.05, 0.1) is 17.1 Å². The number of rotatable bonds is 4. The van der Waals surface area contributed by atoms with Crippen molar-refractivity contribution in [2.45, 2.75) is 19.8 Å². The van der Waals surface area contributed by atoms with Gasteiger partial charge in [-0.15, -0.1) is 0 Å². The molecular formula is C14H12BrClN2O3. The van der Waals surface area contributed by atoms with Gasteiger partial charge in [-0.25, -0.2) is 4.98 Å². The summed E-state index contributed by atoms with van der Waals surface area (Å²) in [5, 5.41) is 10.9. The summed E-state index contributed by atoms with van der Waals surface area (Å²) in [5.41, 5.74) is 0.807. The third-order valence-corrected chi connectivity index (χ3v) is 3.46. The summed E-state index contributed by atoms with van der Waals surface area (Å²) >= 11 is 9.20. The first kappa shape index (κ1) is 15.7. The van der Waals surface area contributed by atoms with Gasteiger partial charge in [-0.05, 0) is 29.7 Å². The quantitative estimate of drug-likeness (QED) is 0.414. The summed E-state index contributed by atoms with van der Waals surface area (Å²) in [6.07, 6.45) is 0. The van der Waals surface area contributed by atoms with Gasteiger partial charge in [0.25, 0.3) is 5.69 Å². The highest BCUT2D eigenvalue weighted by Crippen LogP contribution is 2.33. The zero-order valence-electron chi connectivity index (χ0n) is 11.3. The maximum atomic E-state index is 10.8. The summed E-state index contributed by atoms with van der Waals surface area (Å²) in [4.78, 5) is 14.3. The van der Waals surface area contributed by atoms with E-state index in [1.165, 1.54) is 12.1 Å². The molecule has 0 unspecified atom stereocenters. The van der Waals surface area contributed by atoms with Crippen LogP contribution in [-0.4, -0.2) is 9.91 Å². The first-order valence-corrected chi connectivity index (χ1v) is 7.33. The number of nitro groups is 1. The predicted molar refractivity (Wildman–Crippen MR) is 84.2 cm³/mol. The third-order valence-electron chi connectivity index (χ3n) is 2.77. The summed E-state index contributed by atoms with van der Waals surface area (Å²) < 4.78 is 6.61. The van der Waals surface area contributed by atoms with E-state index in [0.29, 0.717) is 5.75 Å². The molecule has 2 rings (SSSR count). The van der Waals surface area contributed by atoms with Crippen molar-refractivity contribution in [3.63, 3.8) is 0 Å². The van der Waals surface area contributed by atoms with Gasteiger partial charge in [-0.3, -0.25) is 10.1 Å². The molecule has 0 aliphatic carbocycles. The van der Waals surface area contributed by atoms with Crippen molar-refractivity contribution >= 4 is 33.2 Å². The second-order valence-corrected chi connectivity index (χ2v) is 5.99. The Morgan fingerprint density at radius 3 is 2.67 bits per heavy atom. The number of ether oxygens (including phenoxy) is 1. The van der Waals surface area contributed by atoms with E-state index in [4.69, 9.17) is 16.3 Å². The average molecular weight is 372 g/mol. The lowest BCUT2D eigenvalue weighted by molar-refractivity contribution is -0.385. The molecule has 0 aliphatic rings. The minimum atomic E-state index is -0.536. The molecule has 110 valence electrons. The number of aromatic nitrogens is 1. The summed E-state index contributed by atoms with van der Waals surface area (Å²) in [5.74, 6) is 0.919. The van der Waals surface area contributed by atoms with E-state index in [0.717, 1.165) is 10.0 Å². The van der Waals surface area contributed by atoms with Gasteiger partial charge in [0, 0.05) is 4.47 Å². The van der Waals surface area contributed by atoms with Crippen LogP contribution in [0.5, 0.6) is 11.6 Å². The Bertz CT molecular complexity index is 692. The predicted octanol–water partition coefficient (Wildman–Crippen LogP) is 5.32. The van der Waals surface area contributed by atoms with Crippen molar-refractivity contribution in [2.75, 3.05) is 0 Å². The molecule has 0 N–H and O–H groups in total. The van der Waals surface area contributed by atoms with Gasteiger partial charge in [0.15, 0.2) is 0 Å². The number of benzene rings is 1. The summed E-state index contributed by atoms with van der Waals surface area (Å²) in [6.45, 7) is 4.06. The van der Waals surface area contributed by atoms with Gasteiger partial charge in [-0.1, -0.05) is 41.4 Å². The fraction of sp³-hybridized carbons (Fsp3) is 0.214. The molecular weight excluding hydrogens is 360 g/mol. The number of nitrogens with zero attached hydrogens (tertiary/aromatic N) is 2. The first-order valence-electron chi connectivity index (χ1n) is 6.16. The lowest BCUT2D eigenvalue weighted by Gasteiger charge is -2.13. The largest absolute Gasteiger partial charge is 0.438 e. The van der Waals surface area contributed by atoms with E-state index in [1.807, 2.05) is 26.0 Å². The zero-order chi connectivity index (χ0) is 15.6. The van der Waals surface area contributed by atoms with Crippen LogP contribution in [0, 0.1) is 10.1 Å². The van der Waals surface area contributed by atoms with Crippen LogP contribution >= 0.6 is 27.5 Å². The molecule has 0 amide bonds. The molecule has 0 saturated carbocycles. The highest BCUT2D eigenvalue weighted by Gasteiger charge is 2.14. The molecule has 1 aromatic heterocycles. The SMILES string of the molecule is CC(C)c1cc(Br)ccc1Oc1cc([N+](=O)[O-])cc(Cl)n1. The van der Waals surface area contributed by atoms with Crippen LogP contribution in [0.3, 0.4) is 0 Å². The van der Waals surface area contributed by atoms with Gasteiger partial charge >= 0.3 is 0 Å². The van der Waals surface area contributed by atoms with E-state index < -0.39 is 4.92 Å². The molecule has 0 atom stereocenters. The number of halogens is 2. The van der Waals surface area contributed by atoms with Crippen molar-refractivity contribution in [3.05, 3.63) is 55.6 Å². The molecule has 2 aromatic rings. The van der Waals surface area contributed by atoms with Gasteiger partial charge < -0.3 is 4.74 Å². The average Bonchev–Trinajstić information content (AvgIpc) is 2.40. The fourth-order valence-corrected chi connectivity index (χ4v) is 2.37. The Balaban J connectivity index is 2.40. The van der Waals surface area contributed by atoms with Gasteiger partial charge in [0.1, 0.15) is 10.9 Å². The lowest BCUT2D eigenvalue weighted by Crippen LogP contribution is -1.97. The van der Waals surface area contributed by atoms with E-state index in [1.54, 1.807) is 6.07 Å². The van der Waals surface area contributed by atoms with E-state index in [9.17, 15) is 10.1 Å². The lowest BCUT2D eigenvalue weighted by atomic mass is 10.0. The number of pyridine rings is 1. The smallest absolute Gasteiger partial charge is 0.277 e. The normalized spacial score (nSPS) is 10.7. The standard InChI is InChI=1S/C14H12BrClN2O3/c1-8(2)11-5-9(15)3-4-12(11)21-14-7-10(18(19)20)6-13(16)17-14/h3-8H,1-2H3. The molecule has 0 radical (unpaired) electrons. The molecule has 0 saturated heterocycles. The van der Waals surface area contributed by atoms with Gasteiger partial charge in [-0.2, -0.15) is 0 Å². The van der Waals surface area contributed by atoms with E-state index in [-0.39, 0.29) is 22.6 Å². The first-order chi connectivity index (χ1) is 9.86.